The fraction of sp³-hybridized carbons (Fsp3) is 0.214. The van der Waals surface area contributed by atoms with Crippen LogP contribution in [-0.4, -0.2) is 41.5 Å². The highest BCUT2D eigenvalue weighted by Crippen LogP contribution is 2.44. The van der Waals surface area contributed by atoms with E-state index in [1.165, 1.54) is 6.33 Å². The molecule has 3 aromatic rings. The first-order chi connectivity index (χ1) is 10.3. The van der Waals surface area contributed by atoms with Gasteiger partial charge in [0.15, 0.2) is 11.5 Å². The normalized spacial score (nSPS) is 10.6. The van der Waals surface area contributed by atoms with Crippen molar-refractivity contribution in [2.75, 3.05) is 21.3 Å². The smallest absolute Gasteiger partial charge is 0.203 e. The average Bonchev–Trinajstić information content (AvgIpc) is 3.01. The largest absolute Gasteiger partial charge is 0.493 e. The molecule has 0 fully saturated rings. The predicted molar refractivity (Wildman–Crippen MR) is 76.8 cm³/mol. The number of methoxy groups -OCH3 is 3. The third-order valence-corrected chi connectivity index (χ3v) is 3.20. The number of aromatic nitrogens is 4. The van der Waals surface area contributed by atoms with Crippen molar-refractivity contribution in [1.29, 1.82) is 0 Å². The lowest BCUT2D eigenvalue weighted by molar-refractivity contribution is 0.325. The second-order valence-electron chi connectivity index (χ2n) is 4.23. The SMILES string of the molecule is COc1ccc(-c2ncnc3cn[nH]c23)c(OC)c1OC. The van der Waals surface area contributed by atoms with Gasteiger partial charge in [0.2, 0.25) is 5.75 Å². The van der Waals surface area contributed by atoms with Gasteiger partial charge in [-0.05, 0) is 12.1 Å². The van der Waals surface area contributed by atoms with Crippen LogP contribution in [0.25, 0.3) is 22.3 Å². The zero-order chi connectivity index (χ0) is 14.8. The van der Waals surface area contributed by atoms with Crippen LogP contribution in [-0.2, 0) is 0 Å². The molecule has 0 amide bonds. The Bertz CT molecular complexity index is 785. The van der Waals surface area contributed by atoms with E-state index < -0.39 is 0 Å². The van der Waals surface area contributed by atoms with Crippen molar-refractivity contribution >= 4 is 11.0 Å². The lowest BCUT2D eigenvalue weighted by Gasteiger charge is -2.15. The second kappa shape index (κ2) is 5.28. The number of nitrogens with zero attached hydrogens (tertiary/aromatic N) is 3. The van der Waals surface area contributed by atoms with Crippen LogP contribution >= 0.6 is 0 Å². The molecule has 0 spiro atoms. The first kappa shape index (κ1) is 13.2. The maximum atomic E-state index is 5.49. The molecule has 2 aromatic heterocycles. The molecule has 108 valence electrons. The van der Waals surface area contributed by atoms with Crippen LogP contribution in [0.5, 0.6) is 17.2 Å². The Morgan fingerprint density at radius 1 is 0.952 bits per heavy atom. The standard InChI is InChI=1S/C14H14N4O3/c1-19-10-5-4-8(13(20-2)14(10)21-3)11-12-9(6-17-18-12)15-7-16-11/h4-7H,1-3H3,(H,17,18). The Balaban J connectivity index is 2.30. The number of H-pyrrole nitrogens is 1. The van der Waals surface area contributed by atoms with Gasteiger partial charge in [-0.1, -0.05) is 0 Å². The summed E-state index contributed by atoms with van der Waals surface area (Å²) in [6, 6.07) is 3.67. The molecule has 1 N–H and O–H groups in total. The van der Waals surface area contributed by atoms with Gasteiger partial charge in [0.25, 0.3) is 0 Å². The number of benzene rings is 1. The van der Waals surface area contributed by atoms with E-state index in [9.17, 15) is 0 Å². The number of hydrogen-bond donors (Lipinski definition) is 1. The minimum Gasteiger partial charge on any atom is -0.493 e. The number of rotatable bonds is 4. The third kappa shape index (κ3) is 2.03. The highest BCUT2D eigenvalue weighted by molar-refractivity contribution is 5.91. The molecule has 0 radical (unpaired) electrons. The lowest BCUT2D eigenvalue weighted by Crippen LogP contribution is -1.98. The highest BCUT2D eigenvalue weighted by Gasteiger charge is 2.20. The molecule has 21 heavy (non-hydrogen) atoms. The molecular weight excluding hydrogens is 272 g/mol. The fourth-order valence-corrected chi connectivity index (χ4v) is 2.26. The summed E-state index contributed by atoms with van der Waals surface area (Å²) >= 11 is 0. The van der Waals surface area contributed by atoms with Gasteiger partial charge in [-0.15, -0.1) is 0 Å². The van der Waals surface area contributed by atoms with E-state index in [-0.39, 0.29) is 0 Å². The van der Waals surface area contributed by atoms with Crippen molar-refractivity contribution in [3.05, 3.63) is 24.7 Å². The van der Waals surface area contributed by atoms with Crippen LogP contribution in [0.4, 0.5) is 0 Å². The molecule has 7 nitrogen and oxygen atoms in total. The van der Waals surface area contributed by atoms with Crippen molar-refractivity contribution in [3.63, 3.8) is 0 Å². The molecule has 3 rings (SSSR count). The Labute approximate surface area is 120 Å². The summed E-state index contributed by atoms with van der Waals surface area (Å²) in [5, 5.41) is 6.90. The van der Waals surface area contributed by atoms with Gasteiger partial charge < -0.3 is 14.2 Å². The number of hydrogen-bond acceptors (Lipinski definition) is 6. The van der Waals surface area contributed by atoms with Gasteiger partial charge in [0.1, 0.15) is 23.1 Å². The average molecular weight is 286 g/mol. The summed E-state index contributed by atoms with van der Waals surface area (Å²) in [6.45, 7) is 0. The molecule has 1 aromatic carbocycles. The minimum atomic E-state index is 0.517. The van der Waals surface area contributed by atoms with Gasteiger partial charge in [-0.25, -0.2) is 9.97 Å². The van der Waals surface area contributed by atoms with Gasteiger partial charge in [-0.2, -0.15) is 5.10 Å². The van der Waals surface area contributed by atoms with E-state index >= 15 is 0 Å². The van der Waals surface area contributed by atoms with Gasteiger partial charge >= 0.3 is 0 Å². The number of nitrogens with one attached hydrogen (secondary N) is 1. The zero-order valence-electron chi connectivity index (χ0n) is 11.9. The molecular formula is C14H14N4O3. The van der Waals surface area contributed by atoms with E-state index in [0.29, 0.717) is 22.9 Å². The van der Waals surface area contributed by atoms with E-state index in [1.54, 1.807) is 33.6 Å². The summed E-state index contributed by atoms with van der Waals surface area (Å²) in [4.78, 5) is 8.49. The van der Waals surface area contributed by atoms with Crippen molar-refractivity contribution in [2.45, 2.75) is 0 Å². The van der Waals surface area contributed by atoms with Crippen LogP contribution in [0.3, 0.4) is 0 Å². The zero-order valence-corrected chi connectivity index (χ0v) is 11.9. The van der Waals surface area contributed by atoms with Crippen molar-refractivity contribution in [2.24, 2.45) is 0 Å². The van der Waals surface area contributed by atoms with Crippen LogP contribution in [0.1, 0.15) is 0 Å². The van der Waals surface area contributed by atoms with E-state index in [0.717, 1.165) is 16.6 Å². The molecule has 0 bridgehead atoms. The Morgan fingerprint density at radius 3 is 2.48 bits per heavy atom. The quantitative estimate of drug-likeness (QED) is 0.790. The molecule has 0 atom stereocenters. The summed E-state index contributed by atoms with van der Waals surface area (Å²) in [5.74, 6) is 1.66. The van der Waals surface area contributed by atoms with Gasteiger partial charge in [0.05, 0.1) is 27.5 Å². The van der Waals surface area contributed by atoms with Gasteiger partial charge in [0, 0.05) is 5.56 Å². The number of aromatic amines is 1. The molecule has 7 heteroatoms. The van der Waals surface area contributed by atoms with E-state index in [1.807, 2.05) is 6.07 Å². The van der Waals surface area contributed by atoms with Crippen LogP contribution in [0, 0.1) is 0 Å². The Hall–Kier alpha value is -2.83. The van der Waals surface area contributed by atoms with Crippen LogP contribution in [0.2, 0.25) is 0 Å². The van der Waals surface area contributed by atoms with Gasteiger partial charge in [-0.3, -0.25) is 5.10 Å². The monoisotopic (exact) mass is 286 g/mol. The van der Waals surface area contributed by atoms with Crippen LogP contribution < -0.4 is 14.2 Å². The molecule has 0 saturated heterocycles. The third-order valence-electron chi connectivity index (χ3n) is 3.20. The summed E-state index contributed by atoms with van der Waals surface area (Å²) in [6.07, 6.45) is 3.14. The first-order valence-electron chi connectivity index (χ1n) is 6.23. The Morgan fingerprint density at radius 2 is 1.76 bits per heavy atom. The maximum Gasteiger partial charge on any atom is 0.203 e. The summed E-state index contributed by atoms with van der Waals surface area (Å²) < 4.78 is 16.2. The highest BCUT2D eigenvalue weighted by atomic mass is 16.5. The van der Waals surface area contributed by atoms with Crippen molar-refractivity contribution in [3.8, 4) is 28.5 Å². The Kier molecular flexibility index (Phi) is 3.31. The fourth-order valence-electron chi connectivity index (χ4n) is 2.26. The van der Waals surface area contributed by atoms with E-state index in [4.69, 9.17) is 14.2 Å². The van der Waals surface area contributed by atoms with Crippen LogP contribution in [0.15, 0.2) is 24.7 Å². The lowest BCUT2D eigenvalue weighted by atomic mass is 10.1. The number of fused-ring (bicyclic) bond motifs is 1. The van der Waals surface area contributed by atoms with E-state index in [2.05, 4.69) is 20.2 Å². The molecule has 2 heterocycles. The molecule has 0 aliphatic heterocycles. The summed E-state index contributed by atoms with van der Waals surface area (Å²) in [5.41, 5.74) is 2.93. The van der Waals surface area contributed by atoms with Crippen molar-refractivity contribution < 1.29 is 14.2 Å². The molecule has 0 aliphatic rings. The molecule has 0 aliphatic carbocycles. The first-order valence-corrected chi connectivity index (χ1v) is 6.23. The molecule has 0 unspecified atom stereocenters. The topological polar surface area (TPSA) is 82.2 Å². The minimum absolute atomic E-state index is 0.517. The summed E-state index contributed by atoms with van der Waals surface area (Å²) in [7, 11) is 4.72. The molecule has 0 saturated carbocycles. The van der Waals surface area contributed by atoms with Crippen molar-refractivity contribution in [1.82, 2.24) is 20.2 Å². The maximum absolute atomic E-state index is 5.49. The predicted octanol–water partition coefficient (Wildman–Crippen LogP) is 2.05. The number of ether oxygens (including phenoxy) is 3. The second-order valence-corrected chi connectivity index (χ2v) is 4.23.